The van der Waals surface area contributed by atoms with E-state index in [-0.39, 0.29) is 17.1 Å². The lowest BCUT2D eigenvalue weighted by molar-refractivity contribution is -0.151. The Labute approximate surface area is 114 Å². The van der Waals surface area contributed by atoms with Gasteiger partial charge in [-0.1, -0.05) is 11.6 Å². The van der Waals surface area contributed by atoms with Gasteiger partial charge < -0.3 is 15.0 Å². The third-order valence-electron chi connectivity index (χ3n) is 2.74. The first-order chi connectivity index (χ1) is 8.85. The van der Waals surface area contributed by atoms with Crippen LogP contribution in [0.2, 0.25) is 5.15 Å². The number of halogens is 1. The van der Waals surface area contributed by atoms with E-state index in [9.17, 15) is 4.79 Å². The first-order valence-electron chi connectivity index (χ1n) is 5.57. The van der Waals surface area contributed by atoms with Crippen LogP contribution in [0.1, 0.15) is 13.8 Å². The number of aromatic nitrogens is 4. The molecule has 0 unspecified atom stereocenters. The van der Waals surface area contributed by atoms with Crippen LogP contribution in [0.5, 0.6) is 0 Å². The summed E-state index contributed by atoms with van der Waals surface area (Å²) in [6.07, 6.45) is 1.55. The summed E-state index contributed by atoms with van der Waals surface area (Å²) >= 11 is 5.94. The van der Waals surface area contributed by atoms with Crippen LogP contribution >= 0.6 is 11.6 Å². The summed E-state index contributed by atoms with van der Waals surface area (Å²) in [5, 5.41) is 0.192. The number of rotatable bonds is 3. The molecule has 0 aliphatic heterocycles. The van der Waals surface area contributed by atoms with Crippen molar-refractivity contribution in [3.63, 3.8) is 0 Å². The van der Waals surface area contributed by atoms with E-state index in [0.29, 0.717) is 17.7 Å². The molecule has 0 saturated carbocycles. The average Bonchev–Trinajstić information content (AvgIpc) is 2.71. The second-order valence-electron chi connectivity index (χ2n) is 4.79. The van der Waals surface area contributed by atoms with Gasteiger partial charge in [0.2, 0.25) is 5.95 Å². The standard InChI is InChI=1S/C11H14ClN5O2/c1-11(2,9(18)19-3)4-17-5-14-6-7(12)15-10(13)16-8(6)17/h5H,4H2,1-3H3,(H2,13,15,16). The van der Waals surface area contributed by atoms with Gasteiger partial charge in [-0.15, -0.1) is 0 Å². The van der Waals surface area contributed by atoms with E-state index in [0.717, 1.165) is 0 Å². The molecule has 0 saturated heterocycles. The number of nitrogens with two attached hydrogens (primary N) is 1. The number of ether oxygens (including phenoxy) is 1. The minimum atomic E-state index is -0.714. The molecule has 0 aromatic carbocycles. The van der Waals surface area contributed by atoms with Crippen molar-refractivity contribution in [2.45, 2.75) is 20.4 Å². The Morgan fingerprint density at radius 1 is 1.53 bits per heavy atom. The van der Waals surface area contributed by atoms with Crippen LogP contribution in [0.15, 0.2) is 6.33 Å². The number of esters is 1. The Bertz CT molecular complexity index is 637. The molecule has 8 heteroatoms. The number of anilines is 1. The van der Waals surface area contributed by atoms with Crippen molar-refractivity contribution < 1.29 is 9.53 Å². The minimum Gasteiger partial charge on any atom is -0.469 e. The molecule has 0 aliphatic carbocycles. The molecule has 0 aliphatic rings. The summed E-state index contributed by atoms with van der Waals surface area (Å²) in [4.78, 5) is 23.7. The molecular weight excluding hydrogens is 270 g/mol. The number of nitrogen functional groups attached to an aromatic ring is 1. The fraction of sp³-hybridized carbons (Fsp3) is 0.455. The molecule has 0 atom stereocenters. The fourth-order valence-electron chi connectivity index (χ4n) is 1.81. The lowest BCUT2D eigenvalue weighted by Gasteiger charge is -2.21. The predicted molar refractivity (Wildman–Crippen MR) is 70.5 cm³/mol. The van der Waals surface area contributed by atoms with Gasteiger partial charge in [0.25, 0.3) is 0 Å². The monoisotopic (exact) mass is 283 g/mol. The molecule has 0 fully saturated rings. The maximum absolute atomic E-state index is 11.7. The molecule has 0 bridgehead atoms. The average molecular weight is 284 g/mol. The van der Waals surface area contributed by atoms with Crippen LogP contribution in [0, 0.1) is 5.41 Å². The van der Waals surface area contributed by atoms with E-state index in [1.54, 1.807) is 24.7 Å². The lowest BCUT2D eigenvalue weighted by atomic mass is 9.94. The molecule has 2 aromatic heterocycles. The Morgan fingerprint density at radius 2 is 2.21 bits per heavy atom. The maximum atomic E-state index is 11.7. The van der Waals surface area contributed by atoms with Gasteiger partial charge in [0, 0.05) is 6.54 Å². The number of hydrogen-bond donors (Lipinski definition) is 1. The highest BCUT2D eigenvalue weighted by molar-refractivity contribution is 6.33. The van der Waals surface area contributed by atoms with Gasteiger partial charge in [-0.2, -0.15) is 9.97 Å². The van der Waals surface area contributed by atoms with Gasteiger partial charge in [0.1, 0.15) is 5.52 Å². The SMILES string of the molecule is COC(=O)C(C)(C)Cn1cnc2c(Cl)nc(N)nc21. The van der Waals surface area contributed by atoms with Gasteiger partial charge >= 0.3 is 5.97 Å². The molecule has 2 rings (SSSR count). The van der Waals surface area contributed by atoms with Crippen LogP contribution in [-0.4, -0.2) is 32.6 Å². The number of carbonyl (C=O) groups excluding carboxylic acids is 1. The van der Waals surface area contributed by atoms with E-state index in [1.165, 1.54) is 7.11 Å². The van der Waals surface area contributed by atoms with Crippen molar-refractivity contribution in [1.29, 1.82) is 0 Å². The second kappa shape index (κ2) is 4.65. The van der Waals surface area contributed by atoms with Gasteiger partial charge in [-0.3, -0.25) is 4.79 Å². The molecule has 0 radical (unpaired) electrons. The van der Waals surface area contributed by atoms with E-state index < -0.39 is 5.41 Å². The summed E-state index contributed by atoms with van der Waals surface area (Å²) in [6.45, 7) is 3.90. The van der Waals surface area contributed by atoms with Gasteiger partial charge in [-0.05, 0) is 13.8 Å². The van der Waals surface area contributed by atoms with Crippen molar-refractivity contribution in [1.82, 2.24) is 19.5 Å². The van der Waals surface area contributed by atoms with Gasteiger partial charge in [0.05, 0.1) is 18.9 Å². The van der Waals surface area contributed by atoms with Crippen LogP contribution < -0.4 is 5.73 Å². The Morgan fingerprint density at radius 3 is 2.84 bits per heavy atom. The summed E-state index contributed by atoms with van der Waals surface area (Å²) < 4.78 is 6.47. The Balaban J connectivity index is 2.44. The van der Waals surface area contributed by atoms with E-state index in [1.807, 2.05) is 0 Å². The highest BCUT2D eigenvalue weighted by atomic mass is 35.5. The second-order valence-corrected chi connectivity index (χ2v) is 5.15. The molecule has 102 valence electrons. The zero-order valence-electron chi connectivity index (χ0n) is 10.8. The Hall–Kier alpha value is -1.89. The van der Waals surface area contributed by atoms with E-state index in [2.05, 4.69) is 15.0 Å². The van der Waals surface area contributed by atoms with E-state index >= 15 is 0 Å². The largest absolute Gasteiger partial charge is 0.469 e. The van der Waals surface area contributed by atoms with Crippen LogP contribution in [0.3, 0.4) is 0 Å². The number of methoxy groups -OCH3 is 1. The summed E-state index contributed by atoms with van der Waals surface area (Å²) in [7, 11) is 1.35. The third kappa shape index (κ3) is 2.46. The number of carbonyl (C=O) groups is 1. The highest BCUT2D eigenvalue weighted by Gasteiger charge is 2.30. The number of fused-ring (bicyclic) bond motifs is 1. The predicted octanol–water partition coefficient (Wildman–Crippen LogP) is 1.26. The maximum Gasteiger partial charge on any atom is 0.313 e. The van der Waals surface area contributed by atoms with Crippen molar-refractivity contribution in [3.8, 4) is 0 Å². The van der Waals surface area contributed by atoms with E-state index in [4.69, 9.17) is 22.1 Å². The normalized spacial score (nSPS) is 11.8. The van der Waals surface area contributed by atoms with Crippen LogP contribution in [0.4, 0.5) is 5.95 Å². The first kappa shape index (κ1) is 13.5. The van der Waals surface area contributed by atoms with Crippen LogP contribution in [-0.2, 0) is 16.1 Å². The van der Waals surface area contributed by atoms with Crippen molar-refractivity contribution in [2.24, 2.45) is 5.41 Å². The smallest absolute Gasteiger partial charge is 0.313 e. The van der Waals surface area contributed by atoms with Crippen molar-refractivity contribution in [2.75, 3.05) is 12.8 Å². The molecule has 0 amide bonds. The molecule has 19 heavy (non-hydrogen) atoms. The topological polar surface area (TPSA) is 95.9 Å². The zero-order chi connectivity index (χ0) is 14.2. The zero-order valence-corrected chi connectivity index (χ0v) is 11.6. The van der Waals surface area contributed by atoms with Crippen LogP contribution in [0.25, 0.3) is 11.2 Å². The third-order valence-corrected chi connectivity index (χ3v) is 3.01. The highest BCUT2D eigenvalue weighted by Crippen LogP contribution is 2.25. The number of hydrogen-bond acceptors (Lipinski definition) is 6. The summed E-state index contributed by atoms with van der Waals surface area (Å²) in [6, 6.07) is 0. The van der Waals surface area contributed by atoms with Gasteiger partial charge in [0.15, 0.2) is 10.8 Å². The number of nitrogens with zero attached hydrogens (tertiary/aromatic N) is 4. The summed E-state index contributed by atoms with van der Waals surface area (Å²) in [5.41, 5.74) is 5.80. The summed E-state index contributed by atoms with van der Waals surface area (Å²) in [5.74, 6) is -0.252. The molecule has 0 spiro atoms. The minimum absolute atomic E-state index is 0.0649. The van der Waals surface area contributed by atoms with Crippen molar-refractivity contribution in [3.05, 3.63) is 11.5 Å². The first-order valence-corrected chi connectivity index (χ1v) is 5.95. The quantitative estimate of drug-likeness (QED) is 0.673. The molecule has 7 nitrogen and oxygen atoms in total. The van der Waals surface area contributed by atoms with Crippen molar-refractivity contribution >= 4 is 34.7 Å². The molecule has 2 heterocycles. The number of imidazole rings is 1. The molecule has 2 N–H and O–H groups in total. The molecule has 2 aromatic rings. The van der Waals surface area contributed by atoms with Gasteiger partial charge in [-0.25, -0.2) is 4.98 Å². The fourth-order valence-corrected chi connectivity index (χ4v) is 2.03. The lowest BCUT2D eigenvalue weighted by Crippen LogP contribution is -2.30. The Kier molecular flexibility index (Phi) is 3.32. The molecular formula is C11H14ClN5O2.